The summed E-state index contributed by atoms with van der Waals surface area (Å²) in [6, 6.07) is 9.91. The molecule has 1 atom stereocenters. The maximum absolute atomic E-state index is 14.4. The summed E-state index contributed by atoms with van der Waals surface area (Å²) < 4.78 is 40.1. The Morgan fingerprint density at radius 2 is 1.79 bits per heavy atom. The van der Waals surface area contributed by atoms with E-state index in [-0.39, 0.29) is 22.3 Å². The van der Waals surface area contributed by atoms with Crippen LogP contribution >= 0.6 is 0 Å². The Kier molecular flexibility index (Phi) is 6.27. The molecule has 1 fully saturated rings. The Hall–Kier alpha value is -2.41. The molecule has 2 aromatic carbocycles. The molecule has 3 rings (SSSR count). The van der Waals surface area contributed by atoms with E-state index in [0.29, 0.717) is 19.3 Å². The van der Waals surface area contributed by atoms with Crippen molar-refractivity contribution in [1.29, 1.82) is 0 Å². The maximum Gasteiger partial charge on any atom is 0.256 e. The number of phenols is 1. The number of phenolic OH excluding ortho intramolecular Hbond substituents is 1. The number of benzene rings is 2. The van der Waals surface area contributed by atoms with Gasteiger partial charge in [-0.15, -0.1) is 0 Å². The van der Waals surface area contributed by atoms with E-state index >= 15 is 0 Å². The molecule has 0 aliphatic heterocycles. The van der Waals surface area contributed by atoms with E-state index in [0.717, 1.165) is 24.5 Å². The summed E-state index contributed by atoms with van der Waals surface area (Å²) in [5.74, 6) is -1.13. The molecule has 0 heterocycles. The van der Waals surface area contributed by atoms with Crippen molar-refractivity contribution in [2.45, 2.75) is 55.2 Å². The highest BCUT2D eigenvalue weighted by Crippen LogP contribution is 2.30. The minimum Gasteiger partial charge on any atom is -0.508 e. The van der Waals surface area contributed by atoms with Gasteiger partial charge >= 0.3 is 0 Å². The minimum atomic E-state index is -3.57. The molecule has 2 aromatic rings. The summed E-state index contributed by atoms with van der Waals surface area (Å²) in [7, 11) is -2.00. The third-order valence-electron chi connectivity index (χ3n) is 5.69. The lowest BCUT2D eigenvalue weighted by molar-refractivity contribution is 0.0738. The first-order valence-electron chi connectivity index (χ1n) is 9.78. The quantitative estimate of drug-likeness (QED) is 0.720. The normalized spacial score (nSPS) is 16.0. The summed E-state index contributed by atoms with van der Waals surface area (Å²) in [5.41, 5.74) is 0.692. The fraction of sp³-hybridized carbons (Fsp3) is 0.409. The average molecular weight is 420 g/mol. The maximum atomic E-state index is 14.4. The molecule has 0 bridgehead atoms. The van der Waals surface area contributed by atoms with E-state index in [1.807, 2.05) is 6.92 Å². The molecule has 1 aliphatic carbocycles. The lowest BCUT2D eigenvalue weighted by Gasteiger charge is -2.25. The molecule has 1 amide bonds. The van der Waals surface area contributed by atoms with Gasteiger partial charge in [-0.05, 0) is 62.1 Å². The smallest absolute Gasteiger partial charge is 0.256 e. The Labute approximate surface area is 171 Å². The second-order valence-electron chi connectivity index (χ2n) is 7.73. The van der Waals surface area contributed by atoms with E-state index in [1.54, 1.807) is 31.3 Å². The van der Waals surface area contributed by atoms with Gasteiger partial charge in [0.25, 0.3) is 5.91 Å². The van der Waals surface area contributed by atoms with Crippen molar-refractivity contribution in [1.82, 2.24) is 4.90 Å². The predicted molar refractivity (Wildman–Crippen MR) is 109 cm³/mol. The highest BCUT2D eigenvalue weighted by atomic mass is 32.2. The van der Waals surface area contributed by atoms with Gasteiger partial charge in [0.2, 0.25) is 0 Å². The van der Waals surface area contributed by atoms with Crippen molar-refractivity contribution in [3.63, 3.8) is 0 Å². The number of halogens is 1. The Morgan fingerprint density at radius 1 is 1.17 bits per heavy atom. The SMILES string of the molecule is CC(Cc1ccc(O)cc1)N(C)C(=O)c1cc(S(=O)(=O)C2CCCC2)ccc1F. The highest BCUT2D eigenvalue weighted by molar-refractivity contribution is 7.92. The molecule has 156 valence electrons. The van der Waals surface area contributed by atoms with Crippen LogP contribution in [0.2, 0.25) is 0 Å². The van der Waals surface area contributed by atoms with Gasteiger partial charge < -0.3 is 10.0 Å². The molecule has 5 nitrogen and oxygen atoms in total. The van der Waals surface area contributed by atoms with Crippen molar-refractivity contribution in [3.8, 4) is 5.75 Å². The first-order valence-corrected chi connectivity index (χ1v) is 11.3. The Balaban J connectivity index is 1.81. The van der Waals surface area contributed by atoms with Crippen molar-refractivity contribution < 1.29 is 22.7 Å². The summed E-state index contributed by atoms with van der Waals surface area (Å²) in [4.78, 5) is 14.3. The van der Waals surface area contributed by atoms with Gasteiger partial charge in [0.05, 0.1) is 15.7 Å². The number of sulfone groups is 1. The lowest BCUT2D eigenvalue weighted by atomic mass is 10.0. The molecule has 1 aliphatic rings. The second-order valence-corrected chi connectivity index (χ2v) is 9.96. The first kappa shape index (κ1) is 21.3. The van der Waals surface area contributed by atoms with Crippen molar-refractivity contribution >= 4 is 15.7 Å². The standard InChI is InChI=1S/C22H26FNO4S/c1-15(13-16-7-9-17(25)10-8-16)24(2)22(26)20-14-19(11-12-21(20)23)29(27,28)18-5-3-4-6-18/h7-12,14-15,18,25H,3-6,13H2,1-2H3. The van der Waals surface area contributed by atoms with Crippen LogP contribution in [-0.2, 0) is 16.3 Å². The van der Waals surface area contributed by atoms with Gasteiger partial charge in [-0.25, -0.2) is 12.8 Å². The first-order chi connectivity index (χ1) is 13.7. The Morgan fingerprint density at radius 3 is 2.41 bits per heavy atom. The average Bonchev–Trinajstić information content (AvgIpc) is 3.24. The predicted octanol–water partition coefficient (Wildman–Crippen LogP) is 3.95. The number of rotatable bonds is 6. The van der Waals surface area contributed by atoms with E-state index < -0.39 is 26.8 Å². The van der Waals surface area contributed by atoms with Crippen LogP contribution in [0.5, 0.6) is 5.75 Å². The second kappa shape index (κ2) is 8.53. The number of aromatic hydroxyl groups is 1. The third kappa shape index (κ3) is 4.61. The monoisotopic (exact) mass is 419 g/mol. The number of carbonyl (C=O) groups excluding carboxylic acids is 1. The number of hydrogen-bond acceptors (Lipinski definition) is 4. The zero-order valence-corrected chi connectivity index (χ0v) is 17.5. The zero-order chi connectivity index (χ0) is 21.2. The molecular formula is C22H26FNO4S. The molecule has 7 heteroatoms. The van der Waals surface area contributed by atoms with Gasteiger partial charge in [0.15, 0.2) is 9.84 Å². The summed E-state index contributed by atoms with van der Waals surface area (Å²) in [6.45, 7) is 1.84. The van der Waals surface area contributed by atoms with E-state index in [1.165, 1.54) is 17.0 Å². The van der Waals surface area contributed by atoms with Crippen LogP contribution in [0.25, 0.3) is 0 Å². The molecule has 0 saturated heterocycles. The number of likely N-dealkylation sites (N-methyl/N-ethyl adjacent to an activating group) is 1. The topological polar surface area (TPSA) is 74.7 Å². The van der Waals surface area contributed by atoms with Gasteiger partial charge in [0.1, 0.15) is 11.6 Å². The lowest BCUT2D eigenvalue weighted by Crippen LogP contribution is -2.37. The molecular weight excluding hydrogens is 393 g/mol. The number of carbonyl (C=O) groups is 1. The van der Waals surface area contributed by atoms with E-state index in [4.69, 9.17) is 0 Å². The molecule has 1 saturated carbocycles. The van der Waals surface area contributed by atoms with Gasteiger partial charge in [-0.2, -0.15) is 0 Å². The molecule has 1 unspecified atom stereocenters. The zero-order valence-electron chi connectivity index (χ0n) is 16.6. The number of hydrogen-bond donors (Lipinski definition) is 1. The van der Waals surface area contributed by atoms with Crippen LogP contribution in [0.4, 0.5) is 4.39 Å². The van der Waals surface area contributed by atoms with Crippen LogP contribution in [0, 0.1) is 5.82 Å². The molecule has 29 heavy (non-hydrogen) atoms. The summed E-state index contributed by atoms with van der Waals surface area (Å²) in [6.07, 6.45) is 3.46. The van der Waals surface area contributed by atoms with Gasteiger partial charge in [-0.3, -0.25) is 4.79 Å². The molecule has 0 spiro atoms. The Bertz CT molecular complexity index is 982. The van der Waals surface area contributed by atoms with E-state index in [2.05, 4.69) is 0 Å². The summed E-state index contributed by atoms with van der Waals surface area (Å²) in [5, 5.41) is 8.93. The van der Waals surface area contributed by atoms with Crippen LogP contribution in [-0.4, -0.2) is 42.7 Å². The van der Waals surface area contributed by atoms with Gasteiger partial charge in [0, 0.05) is 13.1 Å². The number of amides is 1. The van der Waals surface area contributed by atoms with Crippen LogP contribution in [0.3, 0.4) is 0 Å². The van der Waals surface area contributed by atoms with Crippen molar-refractivity contribution in [2.24, 2.45) is 0 Å². The molecule has 0 radical (unpaired) electrons. The van der Waals surface area contributed by atoms with Crippen LogP contribution in [0.1, 0.15) is 48.5 Å². The number of nitrogens with zero attached hydrogens (tertiary/aromatic N) is 1. The fourth-order valence-electron chi connectivity index (χ4n) is 3.74. The third-order valence-corrected chi connectivity index (χ3v) is 7.95. The minimum absolute atomic E-state index is 0.00809. The van der Waals surface area contributed by atoms with Gasteiger partial charge in [-0.1, -0.05) is 25.0 Å². The van der Waals surface area contributed by atoms with Crippen molar-refractivity contribution in [3.05, 3.63) is 59.4 Å². The van der Waals surface area contributed by atoms with Crippen LogP contribution < -0.4 is 0 Å². The highest BCUT2D eigenvalue weighted by Gasteiger charge is 2.31. The van der Waals surface area contributed by atoms with Crippen LogP contribution in [0.15, 0.2) is 47.4 Å². The van der Waals surface area contributed by atoms with E-state index in [9.17, 15) is 22.7 Å². The summed E-state index contributed by atoms with van der Waals surface area (Å²) >= 11 is 0. The molecule has 0 aromatic heterocycles. The largest absolute Gasteiger partial charge is 0.508 e. The molecule has 1 N–H and O–H groups in total. The fourth-order valence-corrected chi connectivity index (χ4v) is 5.62. The van der Waals surface area contributed by atoms with Crippen molar-refractivity contribution in [2.75, 3.05) is 7.05 Å².